The Morgan fingerprint density at radius 1 is 1.62 bits per heavy atom. The van der Waals surface area contributed by atoms with Crippen molar-refractivity contribution in [2.24, 2.45) is 7.05 Å². The summed E-state index contributed by atoms with van der Waals surface area (Å²) >= 11 is 0. The van der Waals surface area contributed by atoms with Gasteiger partial charge in [0.05, 0.1) is 13.0 Å². The smallest absolute Gasteiger partial charge is 0.224 e. The second-order valence-corrected chi connectivity index (χ2v) is 3.19. The Morgan fingerprint density at radius 3 is 3.08 bits per heavy atom. The molecule has 0 unspecified atom stereocenters. The molecule has 0 atom stereocenters. The van der Waals surface area contributed by atoms with Gasteiger partial charge in [-0.3, -0.25) is 9.59 Å². The molecule has 0 spiro atoms. The molecule has 1 aliphatic rings. The largest absolute Gasteiger partial charge is 0.352 e. The minimum absolute atomic E-state index is 0.0122. The molecule has 2 rings (SSSR count). The first kappa shape index (κ1) is 8.04. The van der Waals surface area contributed by atoms with Crippen LogP contribution in [0.25, 0.3) is 0 Å². The lowest BCUT2D eigenvalue weighted by Gasteiger charge is -2.14. The number of carbonyl (C=O) groups excluding carboxylic acids is 2. The van der Waals surface area contributed by atoms with Crippen LogP contribution in [0.2, 0.25) is 0 Å². The van der Waals surface area contributed by atoms with Crippen LogP contribution in [0.15, 0.2) is 6.20 Å². The van der Waals surface area contributed by atoms with Gasteiger partial charge in [-0.1, -0.05) is 0 Å². The summed E-state index contributed by atoms with van der Waals surface area (Å²) < 4.78 is 1.89. The number of nitrogens with one attached hydrogen (secondary N) is 1. The maximum Gasteiger partial charge on any atom is 0.224 e. The molecule has 1 aliphatic heterocycles. The van der Waals surface area contributed by atoms with E-state index in [4.69, 9.17) is 0 Å². The van der Waals surface area contributed by atoms with E-state index in [0.29, 0.717) is 18.5 Å². The third-order valence-electron chi connectivity index (χ3n) is 2.37. The van der Waals surface area contributed by atoms with E-state index in [2.05, 4.69) is 5.32 Å². The van der Waals surface area contributed by atoms with E-state index in [-0.39, 0.29) is 5.91 Å². The number of nitrogens with zero attached hydrogens (tertiary/aromatic N) is 1. The number of carbonyl (C=O) groups is 2. The molecule has 1 aromatic rings. The van der Waals surface area contributed by atoms with Crippen LogP contribution in [-0.4, -0.2) is 16.8 Å². The predicted molar refractivity (Wildman–Crippen MR) is 46.4 cm³/mol. The van der Waals surface area contributed by atoms with Crippen molar-refractivity contribution in [1.82, 2.24) is 9.88 Å². The lowest BCUT2D eigenvalue weighted by molar-refractivity contribution is -0.121. The van der Waals surface area contributed by atoms with Gasteiger partial charge >= 0.3 is 0 Å². The van der Waals surface area contributed by atoms with E-state index in [0.717, 1.165) is 17.5 Å². The highest BCUT2D eigenvalue weighted by Gasteiger charge is 2.20. The van der Waals surface area contributed by atoms with Crippen molar-refractivity contribution in [2.45, 2.75) is 13.0 Å². The number of fused-ring (bicyclic) bond motifs is 1. The number of hydrogen-bond acceptors (Lipinski definition) is 2. The number of aromatic nitrogens is 1. The van der Waals surface area contributed by atoms with Crippen molar-refractivity contribution < 1.29 is 9.59 Å². The maximum absolute atomic E-state index is 11.1. The minimum atomic E-state index is -0.0122. The molecule has 2 heterocycles. The first-order chi connectivity index (χ1) is 6.22. The van der Waals surface area contributed by atoms with Crippen molar-refractivity contribution in [3.05, 3.63) is 23.0 Å². The monoisotopic (exact) mass is 178 g/mol. The van der Waals surface area contributed by atoms with Gasteiger partial charge in [-0.15, -0.1) is 0 Å². The molecule has 68 valence electrons. The first-order valence-electron chi connectivity index (χ1n) is 4.11. The molecule has 4 heteroatoms. The molecule has 1 amide bonds. The molecular weight excluding hydrogens is 168 g/mol. The van der Waals surface area contributed by atoms with E-state index in [9.17, 15) is 9.59 Å². The van der Waals surface area contributed by atoms with Crippen LogP contribution in [0.4, 0.5) is 0 Å². The highest BCUT2D eigenvalue weighted by Crippen LogP contribution is 2.18. The first-order valence-corrected chi connectivity index (χ1v) is 4.11. The Balaban J connectivity index is 2.54. The molecule has 0 saturated carbocycles. The minimum Gasteiger partial charge on any atom is -0.352 e. The number of amides is 1. The Morgan fingerprint density at radius 2 is 2.38 bits per heavy atom. The fraction of sp³-hybridized carbons (Fsp3) is 0.333. The normalized spacial score (nSPS) is 15.0. The lowest BCUT2D eigenvalue weighted by atomic mass is 10.0. The quantitative estimate of drug-likeness (QED) is 0.616. The highest BCUT2D eigenvalue weighted by molar-refractivity contribution is 5.86. The van der Waals surface area contributed by atoms with Gasteiger partial charge in [0.25, 0.3) is 0 Å². The number of rotatable bonds is 1. The molecule has 1 aromatic heterocycles. The average molecular weight is 178 g/mol. The van der Waals surface area contributed by atoms with Crippen LogP contribution in [0.5, 0.6) is 0 Å². The van der Waals surface area contributed by atoms with Gasteiger partial charge in [0.15, 0.2) is 6.29 Å². The van der Waals surface area contributed by atoms with Crippen molar-refractivity contribution >= 4 is 12.2 Å². The zero-order valence-electron chi connectivity index (χ0n) is 7.33. The van der Waals surface area contributed by atoms with Gasteiger partial charge in [-0.25, -0.2) is 0 Å². The molecule has 0 radical (unpaired) electrons. The molecule has 0 aromatic carbocycles. The summed E-state index contributed by atoms with van der Waals surface area (Å²) in [7, 11) is 1.88. The van der Waals surface area contributed by atoms with Crippen molar-refractivity contribution in [3.63, 3.8) is 0 Å². The summed E-state index contributed by atoms with van der Waals surface area (Å²) in [6, 6.07) is 0. The van der Waals surface area contributed by atoms with Crippen LogP contribution in [0, 0.1) is 0 Å². The number of aldehydes is 1. The van der Waals surface area contributed by atoms with Gasteiger partial charge in [0, 0.05) is 24.5 Å². The predicted octanol–water partition coefficient (Wildman–Crippen LogP) is 0.00990. The SMILES string of the molecule is Cn1cc(C=O)c2c1CNC(=O)C2. The third-order valence-corrected chi connectivity index (χ3v) is 2.37. The molecule has 0 bridgehead atoms. The fourth-order valence-corrected chi connectivity index (χ4v) is 1.69. The average Bonchev–Trinajstić information content (AvgIpc) is 2.42. The number of aryl methyl sites for hydroxylation is 1. The van der Waals surface area contributed by atoms with Crippen molar-refractivity contribution in [1.29, 1.82) is 0 Å². The Kier molecular flexibility index (Phi) is 1.69. The zero-order valence-corrected chi connectivity index (χ0v) is 7.33. The van der Waals surface area contributed by atoms with Gasteiger partial charge in [-0.05, 0) is 5.56 Å². The van der Waals surface area contributed by atoms with Crippen LogP contribution < -0.4 is 5.32 Å². The third kappa shape index (κ3) is 1.14. The van der Waals surface area contributed by atoms with E-state index in [1.54, 1.807) is 6.20 Å². The van der Waals surface area contributed by atoms with Gasteiger partial charge in [-0.2, -0.15) is 0 Å². The van der Waals surface area contributed by atoms with Crippen LogP contribution in [0.3, 0.4) is 0 Å². The van der Waals surface area contributed by atoms with E-state index in [1.165, 1.54) is 0 Å². The molecule has 0 aliphatic carbocycles. The van der Waals surface area contributed by atoms with Crippen LogP contribution in [0.1, 0.15) is 21.6 Å². The van der Waals surface area contributed by atoms with Crippen molar-refractivity contribution in [3.8, 4) is 0 Å². The van der Waals surface area contributed by atoms with E-state index in [1.807, 2.05) is 11.6 Å². The van der Waals surface area contributed by atoms with Gasteiger partial charge in [0.1, 0.15) is 0 Å². The van der Waals surface area contributed by atoms with Gasteiger partial charge < -0.3 is 9.88 Å². The second-order valence-electron chi connectivity index (χ2n) is 3.19. The van der Waals surface area contributed by atoms with Crippen molar-refractivity contribution in [2.75, 3.05) is 0 Å². The lowest BCUT2D eigenvalue weighted by Crippen LogP contribution is -2.31. The Bertz CT molecular complexity index is 379. The summed E-state index contributed by atoms with van der Waals surface area (Å²) in [4.78, 5) is 21.7. The van der Waals surface area contributed by atoms with Crippen LogP contribution in [-0.2, 0) is 24.8 Å². The second kappa shape index (κ2) is 2.73. The number of hydrogen-bond donors (Lipinski definition) is 1. The zero-order chi connectivity index (χ0) is 9.42. The summed E-state index contributed by atoms with van der Waals surface area (Å²) in [5.74, 6) is -0.0122. The Hall–Kier alpha value is -1.58. The summed E-state index contributed by atoms with van der Waals surface area (Å²) in [6.07, 6.45) is 2.89. The molecule has 4 nitrogen and oxygen atoms in total. The van der Waals surface area contributed by atoms with E-state index >= 15 is 0 Å². The molecule has 0 fully saturated rings. The summed E-state index contributed by atoms with van der Waals surface area (Å²) in [5, 5.41) is 2.74. The standard InChI is InChI=1S/C9H10N2O2/c1-11-4-6(5-12)7-2-9(13)10-3-8(7)11/h4-5H,2-3H2,1H3,(H,10,13). The molecular formula is C9H10N2O2. The molecule has 13 heavy (non-hydrogen) atoms. The summed E-state index contributed by atoms with van der Waals surface area (Å²) in [6.45, 7) is 0.526. The Labute approximate surface area is 75.5 Å². The van der Waals surface area contributed by atoms with E-state index < -0.39 is 0 Å². The topological polar surface area (TPSA) is 51.1 Å². The highest BCUT2D eigenvalue weighted by atomic mass is 16.1. The fourth-order valence-electron chi connectivity index (χ4n) is 1.69. The van der Waals surface area contributed by atoms with Crippen LogP contribution >= 0.6 is 0 Å². The summed E-state index contributed by atoms with van der Waals surface area (Å²) in [5.41, 5.74) is 2.54. The molecule has 0 saturated heterocycles. The van der Waals surface area contributed by atoms with Gasteiger partial charge in [0.2, 0.25) is 5.91 Å². The molecule has 1 N–H and O–H groups in total. The maximum atomic E-state index is 11.1.